The van der Waals surface area contributed by atoms with Gasteiger partial charge in [0.1, 0.15) is 5.82 Å². The van der Waals surface area contributed by atoms with Gasteiger partial charge in [0, 0.05) is 30.2 Å². The van der Waals surface area contributed by atoms with Crippen LogP contribution in [0.3, 0.4) is 0 Å². The van der Waals surface area contributed by atoms with Crippen LogP contribution in [0.5, 0.6) is 0 Å². The van der Waals surface area contributed by atoms with Crippen LogP contribution >= 0.6 is 11.6 Å². The Balaban J connectivity index is 1.64. The molecule has 8 nitrogen and oxygen atoms in total. The van der Waals surface area contributed by atoms with Gasteiger partial charge in [0.2, 0.25) is 17.8 Å². The van der Waals surface area contributed by atoms with Gasteiger partial charge in [0.05, 0.1) is 11.5 Å². The number of nitrogens with one attached hydrogen (secondary N) is 3. The van der Waals surface area contributed by atoms with E-state index in [1.165, 1.54) is 0 Å². The highest BCUT2D eigenvalue weighted by Crippen LogP contribution is 2.31. The predicted molar refractivity (Wildman–Crippen MR) is 116 cm³/mol. The lowest BCUT2D eigenvalue weighted by Crippen LogP contribution is -2.39. The monoisotopic (exact) mass is 429 g/mol. The zero-order valence-corrected chi connectivity index (χ0v) is 17.7. The number of hydrogen-bond acceptors (Lipinski definition) is 5. The molecule has 158 valence electrons. The molecule has 2 aliphatic heterocycles. The van der Waals surface area contributed by atoms with Gasteiger partial charge in [-0.05, 0) is 43.4 Å². The predicted octanol–water partition coefficient (Wildman–Crippen LogP) is 3.03. The molecule has 30 heavy (non-hydrogen) atoms. The molecule has 1 aromatic carbocycles. The quantitative estimate of drug-likeness (QED) is 0.695. The summed E-state index contributed by atoms with van der Waals surface area (Å²) in [7, 11) is 0. The van der Waals surface area contributed by atoms with Gasteiger partial charge in [0.25, 0.3) is 5.56 Å². The normalized spacial score (nSPS) is 19.2. The molecule has 0 aliphatic carbocycles. The number of rotatable bonds is 3. The zero-order chi connectivity index (χ0) is 21.4. The molecule has 2 aromatic rings. The number of benzene rings is 1. The first kappa shape index (κ1) is 20.4. The fourth-order valence-corrected chi connectivity index (χ4v) is 4.07. The summed E-state index contributed by atoms with van der Waals surface area (Å²) in [6, 6.07) is 5.16. The van der Waals surface area contributed by atoms with Gasteiger partial charge in [-0.2, -0.15) is 4.98 Å². The summed E-state index contributed by atoms with van der Waals surface area (Å²) in [6.45, 7) is 5.61. The van der Waals surface area contributed by atoms with E-state index < -0.39 is 17.4 Å². The van der Waals surface area contributed by atoms with Crippen LogP contribution in [0.15, 0.2) is 23.0 Å². The topological polar surface area (TPSA) is 107 Å². The Morgan fingerprint density at radius 2 is 2.00 bits per heavy atom. The van der Waals surface area contributed by atoms with Crippen LogP contribution in [0.25, 0.3) is 0 Å². The number of aryl methyl sites for hydroxylation is 1. The first-order chi connectivity index (χ1) is 14.3. The second-order valence-electron chi connectivity index (χ2n) is 8.07. The SMILES string of the molecule is Cc1ccc(Cl)cc1NC(=O)C1CC(=O)Nc2nc(N3CCC(C)CC3)[nH]c(=O)c21. The van der Waals surface area contributed by atoms with Crippen molar-refractivity contribution in [2.24, 2.45) is 5.92 Å². The number of piperidine rings is 1. The number of halogens is 1. The van der Waals surface area contributed by atoms with Crippen LogP contribution in [-0.2, 0) is 9.59 Å². The highest BCUT2D eigenvalue weighted by molar-refractivity contribution is 6.31. The third-order valence-corrected chi connectivity index (χ3v) is 6.03. The van der Waals surface area contributed by atoms with Crippen molar-refractivity contribution >= 4 is 40.9 Å². The van der Waals surface area contributed by atoms with Crippen LogP contribution in [0.2, 0.25) is 5.02 Å². The van der Waals surface area contributed by atoms with Crippen molar-refractivity contribution in [1.29, 1.82) is 0 Å². The van der Waals surface area contributed by atoms with E-state index >= 15 is 0 Å². The van der Waals surface area contributed by atoms with E-state index in [2.05, 4.69) is 27.5 Å². The lowest BCUT2D eigenvalue weighted by molar-refractivity contribution is -0.123. The van der Waals surface area contributed by atoms with Gasteiger partial charge in [-0.3, -0.25) is 19.4 Å². The average molecular weight is 430 g/mol. The number of aromatic nitrogens is 2. The van der Waals surface area contributed by atoms with Crippen molar-refractivity contribution in [2.75, 3.05) is 28.6 Å². The second-order valence-corrected chi connectivity index (χ2v) is 8.51. The first-order valence-corrected chi connectivity index (χ1v) is 10.5. The minimum absolute atomic E-state index is 0.121. The number of H-pyrrole nitrogens is 1. The summed E-state index contributed by atoms with van der Waals surface area (Å²) in [5, 5.41) is 5.94. The molecule has 4 rings (SSSR count). The lowest BCUT2D eigenvalue weighted by atomic mass is 9.92. The van der Waals surface area contributed by atoms with Gasteiger partial charge in [0.15, 0.2) is 0 Å². The zero-order valence-electron chi connectivity index (χ0n) is 16.9. The molecule has 3 heterocycles. The van der Waals surface area contributed by atoms with Crippen molar-refractivity contribution in [1.82, 2.24) is 9.97 Å². The molecule has 1 fully saturated rings. The van der Waals surface area contributed by atoms with Crippen molar-refractivity contribution in [3.8, 4) is 0 Å². The molecule has 3 N–H and O–H groups in total. The molecule has 2 amide bonds. The third kappa shape index (κ3) is 4.05. The number of carbonyl (C=O) groups is 2. The molecule has 0 saturated carbocycles. The van der Waals surface area contributed by atoms with Gasteiger partial charge >= 0.3 is 0 Å². The average Bonchev–Trinajstić information content (AvgIpc) is 2.70. The molecular formula is C21H24ClN5O3. The summed E-state index contributed by atoms with van der Waals surface area (Å²) in [5.41, 5.74) is 1.15. The number of fused-ring (bicyclic) bond motifs is 1. The Morgan fingerprint density at radius 1 is 1.27 bits per heavy atom. The molecule has 1 unspecified atom stereocenters. The van der Waals surface area contributed by atoms with Crippen LogP contribution in [0, 0.1) is 12.8 Å². The number of anilines is 3. The van der Waals surface area contributed by atoms with Gasteiger partial charge in [-0.25, -0.2) is 0 Å². The molecule has 9 heteroatoms. The molecular weight excluding hydrogens is 406 g/mol. The second kappa shape index (κ2) is 8.10. The molecule has 0 spiro atoms. The van der Waals surface area contributed by atoms with Crippen LogP contribution in [-0.4, -0.2) is 34.9 Å². The number of carbonyl (C=O) groups excluding carboxylic acids is 2. The van der Waals surface area contributed by atoms with E-state index in [-0.39, 0.29) is 23.7 Å². The highest BCUT2D eigenvalue weighted by Gasteiger charge is 2.35. The maximum atomic E-state index is 13.0. The third-order valence-electron chi connectivity index (χ3n) is 5.80. The highest BCUT2D eigenvalue weighted by atomic mass is 35.5. The maximum absolute atomic E-state index is 13.0. The lowest BCUT2D eigenvalue weighted by Gasteiger charge is -2.31. The van der Waals surface area contributed by atoms with Crippen LogP contribution in [0.1, 0.15) is 43.2 Å². The fraction of sp³-hybridized carbons (Fsp3) is 0.429. The summed E-state index contributed by atoms with van der Waals surface area (Å²) >= 11 is 6.03. The van der Waals surface area contributed by atoms with Crippen molar-refractivity contribution < 1.29 is 9.59 Å². The van der Waals surface area contributed by atoms with E-state index in [0.29, 0.717) is 22.6 Å². The fourth-order valence-electron chi connectivity index (χ4n) is 3.90. The molecule has 1 atom stereocenters. The van der Waals surface area contributed by atoms with E-state index in [9.17, 15) is 14.4 Å². The van der Waals surface area contributed by atoms with E-state index in [0.717, 1.165) is 31.5 Å². The Labute approximate surface area is 179 Å². The molecule has 1 saturated heterocycles. The first-order valence-electron chi connectivity index (χ1n) is 10.1. The van der Waals surface area contributed by atoms with Crippen LogP contribution < -0.4 is 21.1 Å². The minimum Gasteiger partial charge on any atom is -0.342 e. The number of nitrogens with zero attached hydrogens (tertiary/aromatic N) is 2. The van der Waals surface area contributed by atoms with Crippen LogP contribution in [0.4, 0.5) is 17.5 Å². The van der Waals surface area contributed by atoms with Crippen molar-refractivity contribution in [3.05, 3.63) is 44.7 Å². The largest absolute Gasteiger partial charge is 0.342 e. The minimum atomic E-state index is -0.932. The Morgan fingerprint density at radius 3 is 2.73 bits per heavy atom. The molecule has 1 aromatic heterocycles. The Kier molecular flexibility index (Phi) is 5.51. The Bertz CT molecular complexity index is 1060. The molecule has 0 bridgehead atoms. The van der Waals surface area contributed by atoms with E-state index in [4.69, 9.17) is 11.6 Å². The van der Waals surface area contributed by atoms with E-state index in [1.54, 1.807) is 18.2 Å². The number of hydrogen-bond donors (Lipinski definition) is 3. The standard InChI is InChI=1S/C21H24ClN5O3/c1-11-5-7-27(8-6-11)21-25-18-17(20(30)26-21)14(10-16(28)24-18)19(29)23-15-9-13(22)4-3-12(15)2/h3-4,9,11,14H,5-8,10H2,1-2H3,(H,23,29)(H2,24,25,26,28,30). The van der Waals surface area contributed by atoms with Gasteiger partial charge in [-0.1, -0.05) is 24.6 Å². The van der Waals surface area contributed by atoms with E-state index in [1.807, 2.05) is 11.8 Å². The number of aromatic amines is 1. The molecule has 2 aliphatic rings. The van der Waals surface area contributed by atoms with Crippen molar-refractivity contribution in [2.45, 2.75) is 39.0 Å². The van der Waals surface area contributed by atoms with Gasteiger partial charge in [-0.15, -0.1) is 0 Å². The summed E-state index contributed by atoms with van der Waals surface area (Å²) in [5.74, 6) is -0.499. The summed E-state index contributed by atoms with van der Waals surface area (Å²) < 4.78 is 0. The number of amides is 2. The maximum Gasteiger partial charge on any atom is 0.258 e. The van der Waals surface area contributed by atoms with Crippen molar-refractivity contribution in [3.63, 3.8) is 0 Å². The summed E-state index contributed by atoms with van der Waals surface area (Å²) in [4.78, 5) is 47.5. The smallest absolute Gasteiger partial charge is 0.258 e. The van der Waals surface area contributed by atoms with Gasteiger partial charge < -0.3 is 15.5 Å². The summed E-state index contributed by atoms with van der Waals surface area (Å²) in [6.07, 6.45) is 1.90. The molecule has 0 radical (unpaired) electrons. The Hall–Kier alpha value is -2.87.